The number of hydrogen-bond donors (Lipinski definition) is 1. The molecule has 0 bridgehead atoms. The van der Waals surface area contributed by atoms with Crippen molar-refractivity contribution in [2.24, 2.45) is 0 Å². The number of carboxylic acids is 1. The maximum atomic E-state index is 11.0. The van der Waals surface area contributed by atoms with Crippen LogP contribution in [0.15, 0.2) is 24.3 Å². The minimum atomic E-state index is -0.876. The van der Waals surface area contributed by atoms with Gasteiger partial charge in [0, 0.05) is 0 Å². The van der Waals surface area contributed by atoms with Crippen LogP contribution in [0.4, 0.5) is 0 Å². The molecule has 5 nitrogen and oxygen atoms in total. The molecular weight excluding hydrogens is 244 g/mol. The first-order valence-electron chi connectivity index (χ1n) is 5.94. The van der Waals surface area contributed by atoms with E-state index in [1.54, 1.807) is 7.11 Å². The van der Waals surface area contributed by atoms with Gasteiger partial charge in [0.25, 0.3) is 0 Å². The molecular formula is C14H16N2O3. The van der Waals surface area contributed by atoms with Crippen LogP contribution in [0.2, 0.25) is 0 Å². The Morgan fingerprint density at radius 2 is 2.05 bits per heavy atom. The molecule has 1 aromatic carbocycles. The molecule has 19 heavy (non-hydrogen) atoms. The van der Waals surface area contributed by atoms with Crippen molar-refractivity contribution in [1.29, 1.82) is 0 Å². The fourth-order valence-corrected chi connectivity index (χ4v) is 2.20. The van der Waals surface area contributed by atoms with E-state index in [0.717, 1.165) is 17.2 Å². The molecule has 5 heteroatoms. The summed E-state index contributed by atoms with van der Waals surface area (Å²) >= 11 is 0. The molecule has 0 saturated carbocycles. The lowest BCUT2D eigenvalue weighted by molar-refractivity contribution is -0.136. The summed E-state index contributed by atoms with van der Waals surface area (Å²) in [4.78, 5) is 15.4. The van der Waals surface area contributed by atoms with Crippen molar-refractivity contribution >= 4 is 5.97 Å². The highest BCUT2D eigenvalue weighted by molar-refractivity contribution is 5.70. The van der Waals surface area contributed by atoms with Gasteiger partial charge in [0.15, 0.2) is 0 Å². The molecule has 0 spiro atoms. The third-order valence-electron chi connectivity index (χ3n) is 2.99. The van der Waals surface area contributed by atoms with Gasteiger partial charge in [0.05, 0.1) is 30.6 Å². The number of hydrogen-bond acceptors (Lipinski definition) is 3. The molecule has 0 unspecified atom stereocenters. The molecule has 1 N–H and O–H groups in total. The zero-order valence-corrected chi connectivity index (χ0v) is 11.2. The molecule has 0 atom stereocenters. The van der Waals surface area contributed by atoms with Gasteiger partial charge in [-0.05, 0) is 26.0 Å². The fraction of sp³-hybridized carbons (Fsp3) is 0.286. The summed E-state index contributed by atoms with van der Waals surface area (Å²) in [6.45, 7) is 3.67. The van der Waals surface area contributed by atoms with E-state index in [0.29, 0.717) is 11.4 Å². The summed E-state index contributed by atoms with van der Waals surface area (Å²) in [5.41, 5.74) is 2.21. The second-order valence-corrected chi connectivity index (χ2v) is 4.27. The molecule has 0 fully saturated rings. The lowest BCUT2D eigenvalue weighted by atomic mass is 10.2. The number of carbonyl (C=O) groups is 1. The minimum absolute atomic E-state index is 0.0648. The molecule has 1 heterocycles. The van der Waals surface area contributed by atoms with Crippen LogP contribution in [0.5, 0.6) is 5.75 Å². The van der Waals surface area contributed by atoms with Crippen molar-refractivity contribution in [3.63, 3.8) is 0 Å². The maximum Gasteiger partial charge on any atom is 0.309 e. The molecule has 0 saturated heterocycles. The highest BCUT2D eigenvalue weighted by Crippen LogP contribution is 2.26. The van der Waals surface area contributed by atoms with Crippen molar-refractivity contribution in [3.05, 3.63) is 41.5 Å². The summed E-state index contributed by atoms with van der Waals surface area (Å²) in [6.07, 6.45) is -0.0648. The van der Waals surface area contributed by atoms with Crippen LogP contribution >= 0.6 is 0 Å². The molecule has 2 aromatic rings. The Balaban J connectivity index is 2.64. The summed E-state index contributed by atoms with van der Waals surface area (Å²) in [5.74, 6) is 0.562. The first-order valence-corrected chi connectivity index (χ1v) is 5.94. The second-order valence-electron chi connectivity index (χ2n) is 4.27. The van der Waals surface area contributed by atoms with E-state index in [1.807, 2.05) is 42.7 Å². The fourth-order valence-electron chi connectivity index (χ4n) is 2.20. The van der Waals surface area contributed by atoms with Crippen LogP contribution in [0.25, 0.3) is 5.69 Å². The van der Waals surface area contributed by atoms with E-state index >= 15 is 0 Å². The quantitative estimate of drug-likeness (QED) is 0.914. The predicted octanol–water partition coefficient (Wildman–Crippen LogP) is 2.12. The van der Waals surface area contributed by atoms with E-state index in [4.69, 9.17) is 9.84 Å². The van der Waals surface area contributed by atoms with Gasteiger partial charge in [0.1, 0.15) is 11.6 Å². The number of imidazole rings is 1. The van der Waals surface area contributed by atoms with E-state index in [1.165, 1.54) is 0 Å². The minimum Gasteiger partial charge on any atom is -0.495 e. The van der Waals surface area contributed by atoms with E-state index in [2.05, 4.69) is 4.98 Å². The molecule has 0 aliphatic heterocycles. The monoisotopic (exact) mass is 260 g/mol. The number of rotatable bonds is 4. The Morgan fingerprint density at radius 3 is 2.68 bits per heavy atom. The average Bonchev–Trinajstić information content (AvgIpc) is 2.63. The van der Waals surface area contributed by atoms with Gasteiger partial charge >= 0.3 is 5.97 Å². The number of aromatic nitrogens is 2. The van der Waals surface area contributed by atoms with E-state index in [-0.39, 0.29) is 6.42 Å². The lowest BCUT2D eigenvalue weighted by Gasteiger charge is -2.13. The number of aryl methyl sites for hydroxylation is 2. The SMILES string of the molecule is COc1ccccc1-n1c(C)nc(C)c1CC(=O)O. The number of methoxy groups -OCH3 is 1. The normalized spacial score (nSPS) is 10.5. The largest absolute Gasteiger partial charge is 0.495 e. The molecule has 0 aliphatic rings. The zero-order chi connectivity index (χ0) is 14.0. The Bertz CT molecular complexity index is 617. The Morgan fingerprint density at radius 1 is 1.37 bits per heavy atom. The maximum absolute atomic E-state index is 11.0. The number of para-hydroxylation sites is 2. The van der Waals surface area contributed by atoms with Crippen LogP contribution in [0, 0.1) is 13.8 Å². The third kappa shape index (κ3) is 2.45. The van der Waals surface area contributed by atoms with Crippen molar-refractivity contribution < 1.29 is 14.6 Å². The standard InChI is InChI=1S/C14H16N2O3/c1-9-12(8-14(17)18)16(10(2)15-9)11-6-4-5-7-13(11)19-3/h4-7H,8H2,1-3H3,(H,17,18). The highest BCUT2D eigenvalue weighted by atomic mass is 16.5. The Hall–Kier alpha value is -2.30. The molecule has 0 radical (unpaired) electrons. The highest BCUT2D eigenvalue weighted by Gasteiger charge is 2.17. The predicted molar refractivity (Wildman–Crippen MR) is 70.9 cm³/mol. The van der Waals surface area contributed by atoms with Crippen LogP contribution in [-0.2, 0) is 11.2 Å². The van der Waals surface area contributed by atoms with Crippen LogP contribution in [0.1, 0.15) is 17.2 Å². The summed E-state index contributed by atoms with van der Waals surface area (Å²) < 4.78 is 7.16. The topological polar surface area (TPSA) is 64.4 Å². The van der Waals surface area contributed by atoms with Crippen molar-refractivity contribution in [2.45, 2.75) is 20.3 Å². The van der Waals surface area contributed by atoms with Crippen molar-refractivity contribution in [1.82, 2.24) is 9.55 Å². The number of carboxylic acid groups (broad SMARTS) is 1. The van der Waals surface area contributed by atoms with Gasteiger partial charge in [-0.15, -0.1) is 0 Å². The smallest absolute Gasteiger partial charge is 0.309 e. The second kappa shape index (κ2) is 5.14. The van der Waals surface area contributed by atoms with Gasteiger partial charge in [-0.1, -0.05) is 12.1 Å². The van der Waals surface area contributed by atoms with Crippen molar-refractivity contribution in [3.8, 4) is 11.4 Å². The van der Waals surface area contributed by atoms with Crippen LogP contribution < -0.4 is 4.74 Å². The lowest BCUT2D eigenvalue weighted by Crippen LogP contribution is -2.09. The summed E-state index contributed by atoms with van der Waals surface area (Å²) in [6, 6.07) is 7.49. The average molecular weight is 260 g/mol. The van der Waals surface area contributed by atoms with Gasteiger partial charge < -0.3 is 9.84 Å². The first-order chi connectivity index (χ1) is 9.04. The third-order valence-corrected chi connectivity index (χ3v) is 2.99. The summed E-state index contributed by atoms with van der Waals surface area (Å²) in [5, 5.41) is 9.03. The molecule has 0 amide bonds. The molecule has 0 aliphatic carbocycles. The Labute approximate surface area is 111 Å². The van der Waals surface area contributed by atoms with E-state index in [9.17, 15) is 4.79 Å². The van der Waals surface area contributed by atoms with Crippen LogP contribution in [-0.4, -0.2) is 27.7 Å². The summed E-state index contributed by atoms with van der Waals surface area (Å²) in [7, 11) is 1.59. The Kier molecular flexibility index (Phi) is 3.55. The number of benzene rings is 1. The van der Waals surface area contributed by atoms with Gasteiger partial charge in [0.2, 0.25) is 0 Å². The van der Waals surface area contributed by atoms with Crippen LogP contribution in [0.3, 0.4) is 0 Å². The number of aliphatic carboxylic acids is 1. The van der Waals surface area contributed by atoms with Gasteiger partial charge in [-0.25, -0.2) is 4.98 Å². The van der Waals surface area contributed by atoms with Crippen molar-refractivity contribution in [2.75, 3.05) is 7.11 Å². The van der Waals surface area contributed by atoms with Gasteiger partial charge in [-0.2, -0.15) is 0 Å². The van der Waals surface area contributed by atoms with E-state index < -0.39 is 5.97 Å². The first kappa shape index (κ1) is 13.1. The molecule has 100 valence electrons. The van der Waals surface area contributed by atoms with Gasteiger partial charge in [-0.3, -0.25) is 9.36 Å². The molecule has 2 rings (SSSR count). The number of nitrogens with zero attached hydrogens (tertiary/aromatic N) is 2. The number of ether oxygens (including phenoxy) is 1. The zero-order valence-electron chi connectivity index (χ0n) is 11.2. The molecule has 1 aromatic heterocycles.